The molecule has 1 aromatic rings. The number of carbonyl (C=O) groups is 1. The second kappa shape index (κ2) is 12.2. The van der Waals surface area contributed by atoms with Crippen LogP contribution in [0.2, 0.25) is 0 Å². The minimum absolute atomic E-state index is 0.0302. The van der Waals surface area contributed by atoms with Crippen LogP contribution < -0.4 is 4.90 Å². The summed E-state index contributed by atoms with van der Waals surface area (Å²) in [4.78, 5) is 27.0. The summed E-state index contributed by atoms with van der Waals surface area (Å²) in [5.41, 5.74) is 0.274. The number of nitro groups is 1. The van der Waals surface area contributed by atoms with Gasteiger partial charge in [-0.05, 0) is 12.5 Å². The number of rotatable bonds is 11. The van der Waals surface area contributed by atoms with Crippen molar-refractivity contribution in [2.45, 2.75) is 6.42 Å². The van der Waals surface area contributed by atoms with E-state index in [1.54, 1.807) is 7.05 Å². The molecule has 0 bridgehead atoms. The van der Waals surface area contributed by atoms with Gasteiger partial charge in [0.2, 0.25) is 0 Å². The summed E-state index contributed by atoms with van der Waals surface area (Å²) in [5.74, 6) is -0.464. The van der Waals surface area contributed by atoms with Crippen molar-refractivity contribution in [3.63, 3.8) is 0 Å². The van der Waals surface area contributed by atoms with Crippen LogP contribution in [-0.2, 0) is 4.52 Å². The zero-order valence-corrected chi connectivity index (χ0v) is 19.2. The average Bonchev–Trinajstić information content (AvgIpc) is 2.66. The summed E-state index contributed by atoms with van der Waals surface area (Å²) < 4.78 is 4.89. The van der Waals surface area contributed by atoms with Gasteiger partial charge in [-0.25, -0.2) is 0 Å². The Bertz CT molecular complexity index is 708. The lowest BCUT2D eigenvalue weighted by Gasteiger charge is -2.25. The summed E-state index contributed by atoms with van der Waals surface area (Å²) in [6.07, 6.45) is 0.599. The van der Waals surface area contributed by atoms with Crippen LogP contribution in [0.1, 0.15) is 22.3 Å². The van der Waals surface area contributed by atoms with E-state index in [1.807, 2.05) is 11.0 Å². The summed E-state index contributed by atoms with van der Waals surface area (Å²) in [7, 11) is 3.72. The lowest BCUT2D eigenvalue weighted by atomic mass is 10.0. The van der Waals surface area contributed by atoms with Crippen LogP contribution in [0.3, 0.4) is 0 Å². The Kier molecular flexibility index (Phi) is 10.8. The van der Waals surface area contributed by atoms with Crippen molar-refractivity contribution in [1.29, 1.82) is 5.26 Å². The number of hydrogen-bond acceptors (Lipinski definition) is 6. The van der Waals surface area contributed by atoms with Gasteiger partial charge in [0, 0.05) is 52.9 Å². The molecule has 1 rings (SSSR count). The van der Waals surface area contributed by atoms with Crippen LogP contribution in [0, 0.1) is 21.4 Å². The lowest BCUT2D eigenvalue weighted by molar-refractivity contribution is -0.385. The van der Waals surface area contributed by atoms with Gasteiger partial charge in [0.15, 0.2) is 0 Å². The van der Waals surface area contributed by atoms with Gasteiger partial charge in [0.05, 0.1) is 22.8 Å². The number of halogens is 2. The standard InChI is InChI=1S/C16H21Br2N4O4P/c1-20(5-2-8-26-27)16(23)13-10-14(21(6-3-17)7-4-18)12(11-19)9-15(13)22(24)25/h9-10H,2-8,27H2,1H3. The first-order valence-electron chi connectivity index (χ1n) is 8.07. The maximum atomic E-state index is 12.8. The Labute approximate surface area is 177 Å². The Morgan fingerprint density at radius 2 is 1.96 bits per heavy atom. The van der Waals surface area contributed by atoms with E-state index in [9.17, 15) is 20.2 Å². The number of carbonyl (C=O) groups excluding carboxylic acids is 1. The van der Waals surface area contributed by atoms with Crippen LogP contribution in [0.5, 0.6) is 0 Å². The number of hydrogen-bond donors (Lipinski definition) is 0. The monoisotopic (exact) mass is 522 g/mol. The maximum Gasteiger partial charge on any atom is 0.283 e. The molecular formula is C16H21Br2N4O4P. The van der Waals surface area contributed by atoms with Crippen molar-refractivity contribution in [3.05, 3.63) is 33.4 Å². The second-order valence-corrected chi connectivity index (χ2v) is 7.49. The van der Waals surface area contributed by atoms with E-state index in [4.69, 9.17) is 4.52 Å². The van der Waals surface area contributed by atoms with E-state index < -0.39 is 10.8 Å². The van der Waals surface area contributed by atoms with Gasteiger partial charge in [0.1, 0.15) is 11.6 Å². The molecule has 0 saturated carbocycles. The molecule has 1 amide bonds. The third-order valence-electron chi connectivity index (χ3n) is 3.81. The third kappa shape index (κ3) is 6.68. The first-order valence-corrected chi connectivity index (χ1v) is 10.8. The number of anilines is 1. The molecule has 1 atom stereocenters. The fourth-order valence-electron chi connectivity index (χ4n) is 2.50. The van der Waals surface area contributed by atoms with Gasteiger partial charge in [-0.2, -0.15) is 5.26 Å². The van der Waals surface area contributed by atoms with Crippen molar-refractivity contribution in [2.75, 3.05) is 48.8 Å². The Morgan fingerprint density at radius 1 is 1.33 bits per heavy atom. The fraction of sp³-hybridized carbons (Fsp3) is 0.500. The van der Waals surface area contributed by atoms with E-state index in [1.165, 1.54) is 17.0 Å². The zero-order valence-electron chi connectivity index (χ0n) is 14.9. The third-order valence-corrected chi connectivity index (χ3v) is 4.76. The van der Waals surface area contributed by atoms with Crippen LogP contribution in [0.15, 0.2) is 12.1 Å². The predicted molar refractivity (Wildman–Crippen MR) is 115 cm³/mol. The molecule has 0 aromatic heterocycles. The van der Waals surface area contributed by atoms with Gasteiger partial charge in [0.25, 0.3) is 11.6 Å². The van der Waals surface area contributed by atoms with Crippen LogP contribution in [0.4, 0.5) is 11.4 Å². The topological polar surface area (TPSA) is 99.7 Å². The van der Waals surface area contributed by atoms with E-state index in [2.05, 4.69) is 41.3 Å². The molecule has 0 aliphatic heterocycles. The molecule has 0 saturated heterocycles. The van der Waals surface area contributed by atoms with Gasteiger partial charge in [-0.3, -0.25) is 14.9 Å². The van der Waals surface area contributed by atoms with Crippen LogP contribution in [-0.4, -0.2) is 59.7 Å². The lowest BCUT2D eigenvalue weighted by Crippen LogP contribution is -2.31. The normalized spacial score (nSPS) is 10.3. The summed E-state index contributed by atoms with van der Waals surface area (Å²) in [5, 5.41) is 22.2. The van der Waals surface area contributed by atoms with Gasteiger partial charge >= 0.3 is 0 Å². The molecule has 0 aliphatic rings. The molecule has 11 heteroatoms. The number of nitrogens with zero attached hydrogens (tertiary/aromatic N) is 4. The molecule has 0 heterocycles. The number of nitro benzene ring substituents is 1. The average molecular weight is 524 g/mol. The molecule has 0 fully saturated rings. The number of benzene rings is 1. The highest BCUT2D eigenvalue weighted by atomic mass is 79.9. The number of amides is 1. The Morgan fingerprint density at radius 3 is 2.44 bits per heavy atom. The van der Waals surface area contributed by atoms with Gasteiger partial charge < -0.3 is 14.3 Å². The number of alkyl halides is 2. The minimum atomic E-state index is -0.628. The van der Waals surface area contributed by atoms with Crippen molar-refractivity contribution < 1.29 is 14.2 Å². The molecule has 1 aromatic carbocycles. The molecule has 0 spiro atoms. The largest absolute Gasteiger partial charge is 0.369 e. The second-order valence-electron chi connectivity index (χ2n) is 5.57. The quantitative estimate of drug-likeness (QED) is 0.145. The van der Waals surface area contributed by atoms with Crippen molar-refractivity contribution in [1.82, 2.24) is 4.90 Å². The van der Waals surface area contributed by atoms with Crippen molar-refractivity contribution in [3.8, 4) is 6.07 Å². The fourth-order valence-corrected chi connectivity index (χ4v) is 3.52. The molecule has 27 heavy (non-hydrogen) atoms. The SMILES string of the molecule is CN(CCCOP)C(=O)c1cc(N(CCBr)CCBr)c(C#N)cc1[N+](=O)[O-]. The van der Waals surface area contributed by atoms with E-state index in [-0.39, 0.29) is 16.8 Å². The van der Waals surface area contributed by atoms with Gasteiger partial charge in [-0.1, -0.05) is 31.9 Å². The highest BCUT2D eigenvalue weighted by molar-refractivity contribution is 9.09. The van der Waals surface area contributed by atoms with Crippen molar-refractivity contribution >= 4 is 58.6 Å². The predicted octanol–water partition coefficient (Wildman–Crippen LogP) is 3.33. The molecule has 148 valence electrons. The Hall–Kier alpha value is -1.27. The summed E-state index contributed by atoms with van der Waals surface area (Å²) in [6.45, 7) is 2.03. The summed E-state index contributed by atoms with van der Waals surface area (Å²) >= 11 is 6.74. The molecule has 0 N–H and O–H groups in total. The Balaban J connectivity index is 3.39. The molecular weight excluding hydrogens is 503 g/mol. The van der Waals surface area contributed by atoms with Crippen LogP contribution >= 0.6 is 41.3 Å². The number of nitriles is 1. The first-order chi connectivity index (χ1) is 12.9. The maximum absolute atomic E-state index is 12.8. The smallest absolute Gasteiger partial charge is 0.283 e. The highest BCUT2D eigenvalue weighted by Crippen LogP contribution is 2.30. The summed E-state index contributed by atoms with van der Waals surface area (Å²) in [6, 6.07) is 4.63. The minimum Gasteiger partial charge on any atom is -0.369 e. The van der Waals surface area contributed by atoms with Crippen molar-refractivity contribution in [2.24, 2.45) is 0 Å². The molecule has 1 unspecified atom stereocenters. The molecule has 8 nitrogen and oxygen atoms in total. The first kappa shape index (κ1) is 23.8. The van der Waals surface area contributed by atoms with E-state index in [0.717, 1.165) is 0 Å². The highest BCUT2D eigenvalue weighted by Gasteiger charge is 2.27. The van der Waals surface area contributed by atoms with Gasteiger partial charge in [-0.15, -0.1) is 0 Å². The van der Waals surface area contributed by atoms with E-state index in [0.29, 0.717) is 49.0 Å². The zero-order chi connectivity index (χ0) is 20.4. The molecule has 0 aliphatic carbocycles. The van der Waals surface area contributed by atoms with Crippen LogP contribution in [0.25, 0.3) is 0 Å². The molecule has 0 radical (unpaired) electrons. The van der Waals surface area contributed by atoms with E-state index >= 15 is 0 Å².